The Balaban J connectivity index is 2.58. The number of aryl methyl sites for hydroxylation is 2. The molecule has 1 amide bonds. The van der Waals surface area contributed by atoms with Crippen LogP contribution >= 0.6 is 0 Å². The molecule has 2 heterocycles. The van der Waals surface area contributed by atoms with Crippen molar-refractivity contribution < 1.29 is 9.00 Å². The van der Waals surface area contributed by atoms with E-state index in [1.54, 1.807) is 4.68 Å². The fraction of sp³-hybridized carbons (Fsp3) is 0.556. The van der Waals surface area contributed by atoms with Crippen molar-refractivity contribution in [2.75, 3.05) is 11.1 Å². The maximum Gasteiger partial charge on any atom is 0.225 e. The van der Waals surface area contributed by atoms with Gasteiger partial charge in [-0.1, -0.05) is 0 Å². The van der Waals surface area contributed by atoms with E-state index < -0.39 is 10.8 Å². The van der Waals surface area contributed by atoms with Crippen LogP contribution in [0.25, 0.3) is 0 Å². The third kappa shape index (κ3) is 1.69. The fourth-order valence-electron chi connectivity index (χ4n) is 1.63. The molecule has 1 unspecified atom stereocenters. The Kier molecular flexibility index (Phi) is 2.60. The maximum absolute atomic E-state index is 11.9. The highest BCUT2D eigenvalue weighted by molar-refractivity contribution is 7.85. The molecule has 6 heteroatoms. The van der Waals surface area contributed by atoms with Crippen molar-refractivity contribution in [2.24, 2.45) is 0 Å². The number of anilines is 1. The Labute approximate surface area is 90.3 Å². The van der Waals surface area contributed by atoms with E-state index in [2.05, 4.69) is 10.4 Å². The molecule has 0 radical (unpaired) electrons. The number of amides is 1. The summed E-state index contributed by atoms with van der Waals surface area (Å²) >= 11 is 0. The first kappa shape index (κ1) is 10.4. The first-order chi connectivity index (χ1) is 7.13. The van der Waals surface area contributed by atoms with E-state index in [1.807, 2.05) is 13.8 Å². The molecule has 82 valence electrons. The zero-order valence-electron chi connectivity index (χ0n) is 8.74. The zero-order chi connectivity index (χ0) is 11.0. The predicted molar refractivity (Wildman–Crippen MR) is 57.2 cm³/mol. The van der Waals surface area contributed by atoms with Gasteiger partial charge in [0.2, 0.25) is 5.91 Å². The Hall–Kier alpha value is -1.17. The summed E-state index contributed by atoms with van der Waals surface area (Å²) in [4.78, 5) is 11.4. The molecule has 1 aliphatic rings. The van der Waals surface area contributed by atoms with Crippen LogP contribution in [0.4, 0.5) is 5.69 Å². The number of nitrogens with zero attached hydrogens (tertiary/aromatic N) is 2. The minimum Gasteiger partial charge on any atom is -0.322 e. The summed E-state index contributed by atoms with van der Waals surface area (Å²) in [5, 5.41) is 7.66. The minimum absolute atomic E-state index is 0.0825. The van der Waals surface area contributed by atoms with Crippen molar-refractivity contribution in [1.29, 1.82) is 0 Å². The zero-order valence-corrected chi connectivity index (χ0v) is 9.56. The number of hydrogen-bond donors (Lipinski definition) is 1. The van der Waals surface area contributed by atoms with Crippen LogP contribution in [0.2, 0.25) is 0 Å². The van der Waals surface area contributed by atoms with Gasteiger partial charge in [0.05, 0.1) is 22.2 Å². The molecule has 1 aromatic heterocycles. The molecule has 0 saturated carbocycles. The molecule has 1 aromatic rings. The van der Waals surface area contributed by atoms with Crippen molar-refractivity contribution in [3.05, 3.63) is 5.69 Å². The monoisotopic (exact) mass is 227 g/mol. The summed E-state index contributed by atoms with van der Waals surface area (Å²) in [6.07, 6.45) is 0.310. The van der Waals surface area contributed by atoms with Crippen LogP contribution in [0.15, 0.2) is 5.03 Å². The SMILES string of the molecule is CCn1nc(C)c2c1S(=O)CCC(=O)N2. The summed E-state index contributed by atoms with van der Waals surface area (Å²) in [5.41, 5.74) is 1.37. The average molecular weight is 227 g/mol. The van der Waals surface area contributed by atoms with Crippen LogP contribution in [0.5, 0.6) is 0 Å². The highest BCUT2D eigenvalue weighted by Crippen LogP contribution is 2.26. The van der Waals surface area contributed by atoms with Crippen LogP contribution < -0.4 is 5.32 Å². The molecule has 1 N–H and O–H groups in total. The number of rotatable bonds is 1. The molecule has 0 aliphatic carbocycles. The highest BCUT2D eigenvalue weighted by Gasteiger charge is 2.25. The topological polar surface area (TPSA) is 64.0 Å². The molecule has 0 fully saturated rings. The van der Waals surface area contributed by atoms with Gasteiger partial charge in [0.25, 0.3) is 0 Å². The van der Waals surface area contributed by atoms with E-state index >= 15 is 0 Å². The Morgan fingerprint density at radius 3 is 3.00 bits per heavy atom. The number of carbonyl (C=O) groups excluding carboxylic acids is 1. The third-order valence-electron chi connectivity index (χ3n) is 2.37. The number of aromatic nitrogens is 2. The quantitative estimate of drug-likeness (QED) is 0.766. The lowest BCUT2D eigenvalue weighted by atomic mass is 10.3. The number of fused-ring (bicyclic) bond motifs is 1. The van der Waals surface area contributed by atoms with Gasteiger partial charge in [-0.05, 0) is 13.8 Å². The minimum atomic E-state index is -1.13. The largest absolute Gasteiger partial charge is 0.322 e. The normalized spacial score (nSPS) is 20.7. The summed E-state index contributed by atoms with van der Waals surface area (Å²) in [7, 11) is -1.13. The second-order valence-electron chi connectivity index (χ2n) is 3.43. The molecule has 2 rings (SSSR count). The molecular weight excluding hydrogens is 214 g/mol. The number of hydrogen-bond acceptors (Lipinski definition) is 3. The molecule has 0 spiro atoms. The molecule has 0 aromatic carbocycles. The molecule has 0 bridgehead atoms. The Morgan fingerprint density at radius 1 is 1.60 bits per heavy atom. The summed E-state index contributed by atoms with van der Waals surface area (Å²) in [6.45, 7) is 4.42. The molecule has 1 atom stereocenters. The van der Waals surface area contributed by atoms with Gasteiger partial charge < -0.3 is 5.32 Å². The van der Waals surface area contributed by atoms with E-state index in [0.717, 1.165) is 5.69 Å². The summed E-state index contributed by atoms with van der Waals surface area (Å²) in [5.74, 6) is 0.296. The van der Waals surface area contributed by atoms with Crippen LogP contribution in [-0.4, -0.2) is 25.6 Å². The standard InChI is InChI=1S/C9H13N3O2S/c1-3-12-9-8(6(2)11-12)10-7(13)4-5-15(9)14/h3-5H2,1-2H3,(H,10,13). The molecular formula is C9H13N3O2S. The first-order valence-electron chi connectivity index (χ1n) is 4.89. The fourth-order valence-corrected chi connectivity index (χ4v) is 3.03. The van der Waals surface area contributed by atoms with Crippen LogP contribution in [-0.2, 0) is 22.1 Å². The van der Waals surface area contributed by atoms with Gasteiger partial charge in [-0.2, -0.15) is 5.10 Å². The van der Waals surface area contributed by atoms with E-state index in [4.69, 9.17) is 0 Å². The van der Waals surface area contributed by atoms with E-state index in [0.29, 0.717) is 29.4 Å². The third-order valence-corrected chi connectivity index (χ3v) is 3.80. The Morgan fingerprint density at radius 2 is 2.33 bits per heavy atom. The van der Waals surface area contributed by atoms with E-state index in [-0.39, 0.29) is 5.91 Å². The second kappa shape index (κ2) is 3.77. The average Bonchev–Trinajstić information content (AvgIpc) is 2.43. The molecule has 5 nitrogen and oxygen atoms in total. The van der Waals surface area contributed by atoms with Crippen molar-refractivity contribution >= 4 is 22.4 Å². The van der Waals surface area contributed by atoms with Gasteiger partial charge in [0, 0.05) is 18.7 Å². The predicted octanol–water partition coefficient (Wildman–Crippen LogP) is 0.661. The van der Waals surface area contributed by atoms with Gasteiger partial charge in [0.15, 0.2) is 0 Å². The van der Waals surface area contributed by atoms with Crippen molar-refractivity contribution in [3.8, 4) is 0 Å². The first-order valence-corrected chi connectivity index (χ1v) is 6.21. The Bertz CT molecular complexity index is 439. The summed E-state index contributed by atoms with van der Waals surface area (Å²) in [6, 6.07) is 0. The van der Waals surface area contributed by atoms with Gasteiger partial charge in [-0.15, -0.1) is 0 Å². The van der Waals surface area contributed by atoms with Crippen LogP contribution in [0.1, 0.15) is 19.0 Å². The second-order valence-corrected chi connectivity index (χ2v) is 4.92. The number of carbonyl (C=O) groups is 1. The van der Waals surface area contributed by atoms with Crippen LogP contribution in [0.3, 0.4) is 0 Å². The number of nitrogens with one attached hydrogen (secondary N) is 1. The van der Waals surface area contributed by atoms with Gasteiger partial charge >= 0.3 is 0 Å². The van der Waals surface area contributed by atoms with E-state index in [1.165, 1.54) is 0 Å². The van der Waals surface area contributed by atoms with Gasteiger partial charge in [-0.25, -0.2) is 0 Å². The molecule has 1 aliphatic heterocycles. The lowest BCUT2D eigenvalue weighted by molar-refractivity contribution is -0.115. The van der Waals surface area contributed by atoms with Crippen molar-refractivity contribution in [3.63, 3.8) is 0 Å². The van der Waals surface area contributed by atoms with Crippen LogP contribution in [0, 0.1) is 6.92 Å². The van der Waals surface area contributed by atoms with Gasteiger partial charge in [-0.3, -0.25) is 13.7 Å². The van der Waals surface area contributed by atoms with Crippen molar-refractivity contribution in [2.45, 2.75) is 31.8 Å². The maximum atomic E-state index is 11.9. The highest BCUT2D eigenvalue weighted by atomic mass is 32.2. The molecule has 0 saturated heterocycles. The lowest BCUT2D eigenvalue weighted by Crippen LogP contribution is -2.11. The lowest BCUT2D eigenvalue weighted by Gasteiger charge is -2.02. The van der Waals surface area contributed by atoms with E-state index in [9.17, 15) is 9.00 Å². The molecule has 15 heavy (non-hydrogen) atoms. The van der Waals surface area contributed by atoms with Gasteiger partial charge in [0.1, 0.15) is 5.03 Å². The van der Waals surface area contributed by atoms with Crippen molar-refractivity contribution in [1.82, 2.24) is 9.78 Å². The summed E-state index contributed by atoms with van der Waals surface area (Å²) < 4.78 is 13.6. The smallest absolute Gasteiger partial charge is 0.225 e.